The molecule has 0 aliphatic rings. The molecule has 148 valence electrons. The largest absolute Gasteiger partial charge is 0.407 e. The third-order valence-corrected chi connectivity index (χ3v) is 10.5. The number of hydrogen-bond acceptors (Lipinski definition) is 1. The van der Waals surface area contributed by atoms with Crippen LogP contribution in [0.5, 0.6) is 0 Å². The van der Waals surface area contributed by atoms with E-state index in [4.69, 9.17) is 4.43 Å². The Morgan fingerprint density at radius 3 is 1.56 bits per heavy atom. The van der Waals surface area contributed by atoms with Crippen LogP contribution in [0.1, 0.15) is 72.6 Å². The molecule has 0 aliphatic heterocycles. The molecule has 0 N–H and O–H groups in total. The van der Waals surface area contributed by atoms with Gasteiger partial charge in [-0.2, -0.15) is 0 Å². The van der Waals surface area contributed by atoms with E-state index in [-0.39, 0.29) is 5.04 Å². The molecule has 0 heterocycles. The van der Waals surface area contributed by atoms with E-state index >= 15 is 0 Å². The second kappa shape index (κ2) is 10.8. The highest BCUT2D eigenvalue weighted by Crippen LogP contribution is 2.36. The zero-order valence-electron chi connectivity index (χ0n) is 17.8. The number of rotatable bonds is 11. The first kappa shape index (κ1) is 21.9. The monoisotopic (exact) mass is 382 g/mol. The number of hydrogen-bond donors (Lipinski definition) is 0. The summed E-state index contributed by atoms with van der Waals surface area (Å²) in [6.07, 6.45) is 9.22. The molecule has 2 aromatic rings. The maximum atomic E-state index is 6.93. The lowest BCUT2D eigenvalue weighted by atomic mass is 10.1. The van der Waals surface area contributed by atoms with Crippen LogP contribution >= 0.6 is 0 Å². The van der Waals surface area contributed by atoms with Crippen molar-refractivity contribution in [3.8, 4) is 0 Å². The molecule has 0 saturated carbocycles. The van der Waals surface area contributed by atoms with Crippen molar-refractivity contribution in [1.29, 1.82) is 0 Å². The van der Waals surface area contributed by atoms with Crippen LogP contribution in [0.25, 0.3) is 0 Å². The van der Waals surface area contributed by atoms with E-state index < -0.39 is 8.32 Å². The Bertz CT molecular complexity index is 591. The quantitative estimate of drug-likeness (QED) is 0.327. The molecule has 2 heteroatoms. The van der Waals surface area contributed by atoms with Crippen LogP contribution in [-0.2, 0) is 4.43 Å². The fraction of sp³-hybridized carbons (Fsp3) is 0.520. The van der Waals surface area contributed by atoms with Gasteiger partial charge in [0.25, 0.3) is 8.32 Å². The summed E-state index contributed by atoms with van der Waals surface area (Å²) < 4.78 is 6.93. The van der Waals surface area contributed by atoms with Crippen LogP contribution in [0.4, 0.5) is 0 Å². The van der Waals surface area contributed by atoms with Gasteiger partial charge in [0.15, 0.2) is 0 Å². The van der Waals surface area contributed by atoms with Crippen molar-refractivity contribution in [2.45, 2.75) is 77.7 Å². The summed E-state index contributed by atoms with van der Waals surface area (Å²) in [6.45, 7) is 10.2. The van der Waals surface area contributed by atoms with Crippen LogP contribution in [0.2, 0.25) is 5.04 Å². The first-order valence-electron chi connectivity index (χ1n) is 10.8. The lowest BCUT2D eigenvalue weighted by Gasteiger charge is -2.43. The first-order valence-corrected chi connectivity index (χ1v) is 12.7. The van der Waals surface area contributed by atoms with Crippen LogP contribution < -0.4 is 10.4 Å². The molecular weight excluding hydrogens is 344 g/mol. The molecule has 0 fully saturated rings. The summed E-state index contributed by atoms with van der Waals surface area (Å²) in [4.78, 5) is 0. The molecule has 0 unspecified atom stereocenters. The van der Waals surface area contributed by atoms with Gasteiger partial charge in [0, 0.05) is 6.61 Å². The molecule has 0 spiro atoms. The Balaban J connectivity index is 2.15. The minimum Gasteiger partial charge on any atom is -0.407 e. The van der Waals surface area contributed by atoms with Crippen LogP contribution in [-0.4, -0.2) is 14.9 Å². The summed E-state index contributed by atoms with van der Waals surface area (Å²) >= 11 is 0. The molecule has 0 radical (unpaired) electrons. The first-order chi connectivity index (χ1) is 13.0. The second-order valence-corrected chi connectivity index (χ2v) is 12.9. The van der Waals surface area contributed by atoms with Gasteiger partial charge >= 0.3 is 0 Å². The van der Waals surface area contributed by atoms with Crippen LogP contribution in [0.3, 0.4) is 0 Å². The van der Waals surface area contributed by atoms with Gasteiger partial charge < -0.3 is 4.43 Å². The molecule has 0 aliphatic carbocycles. The van der Waals surface area contributed by atoms with Gasteiger partial charge in [0.1, 0.15) is 0 Å². The summed E-state index contributed by atoms with van der Waals surface area (Å²) in [5.74, 6) is 0. The van der Waals surface area contributed by atoms with Crippen molar-refractivity contribution in [1.82, 2.24) is 0 Å². The highest BCUT2D eigenvalue weighted by Gasteiger charge is 2.49. The third kappa shape index (κ3) is 5.79. The zero-order chi connectivity index (χ0) is 19.6. The zero-order valence-corrected chi connectivity index (χ0v) is 18.8. The van der Waals surface area contributed by atoms with E-state index in [1.165, 1.54) is 48.9 Å². The predicted octanol–water partition coefficient (Wildman–Crippen LogP) is 6.31. The summed E-state index contributed by atoms with van der Waals surface area (Å²) in [5.41, 5.74) is 0. The molecule has 1 nitrogen and oxygen atoms in total. The molecule has 0 atom stereocenters. The number of unbranched alkanes of at least 4 members (excludes halogenated alkanes) is 6. The Morgan fingerprint density at radius 2 is 1.11 bits per heavy atom. The van der Waals surface area contributed by atoms with E-state index in [1.807, 2.05) is 0 Å². The Hall–Kier alpha value is -1.38. The smallest absolute Gasteiger partial charge is 0.261 e. The lowest BCUT2D eigenvalue weighted by Crippen LogP contribution is -2.66. The minimum atomic E-state index is -2.33. The van der Waals surface area contributed by atoms with Gasteiger partial charge in [-0.25, -0.2) is 0 Å². The molecule has 2 rings (SSSR count). The van der Waals surface area contributed by atoms with Crippen LogP contribution in [0, 0.1) is 0 Å². The van der Waals surface area contributed by atoms with Crippen molar-refractivity contribution in [2.75, 3.05) is 6.61 Å². The van der Waals surface area contributed by atoms with Gasteiger partial charge in [-0.15, -0.1) is 0 Å². The van der Waals surface area contributed by atoms with Crippen molar-refractivity contribution >= 4 is 18.7 Å². The SMILES string of the molecule is CCCCCCCCCO[Si](c1ccccc1)(c1ccccc1)C(C)(C)C. The standard InChI is InChI=1S/C25H38OSi/c1-5-6-7-8-9-10-17-22-26-27(25(2,3)4,23-18-13-11-14-19-23)24-20-15-12-16-21-24/h11-16,18-21H,5-10,17,22H2,1-4H3. The Morgan fingerprint density at radius 1 is 0.667 bits per heavy atom. The van der Waals surface area contributed by atoms with Gasteiger partial charge in [-0.1, -0.05) is 127 Å². The van der Waals surface area contributed by atoms with Crippen molar-refractivity contribution in [2.24, 2.45) is 0 Å². The average molecular weight is 383 g/mol. The van der Waals surface area contributed by atoms with Gasteiger partial charge in [0.05, 0.1) is 0 Å². The minimum absolute atomic E-state index is 0.0802. The van der Waals surface area contributed by atoms with Crippen molar-refractivity contribution < 1.29 is 4.43 Å². The van der Waals surface area contributed by atoms with Gasteiger partial charge in [0.2, 0.25) is 0 Å². The maximum absolute atomic E-state index is 6.93. The van der Waals surface area contributed by atoms with Gasteiger partial charge in [-0.05, 0) is 21.8 Å². The van der Waals surface area contributed by atoms with Gasteiger partial charge in [-0.3, -0.25) is 0 Å². The highest BCUT2D eigenvalue weighted by atomic mass is 28.4. The van der Waals surface area contributed by atoms with Crippen molar-refractivity contribution in [3.63, 3.8) is 0 Å². The summed E-state index contributed by atoms with van der Waals surface area (Å²) in [7, 11) is -2.33. The van der Waals surface area contributed by atoms with E-state index in [1.54, 1.807) is 0 Å². The Kier molecular flexibility index (Phi) is 8.78. The molecule has 0 bridgehead atoms. The topological polar surface area (TPSA) is 9.23 Å². The Labute approximate surface area is 168 Å². The summed E-state index contributed by atoms with van der Waals surface area (Å²) in [6, 6.07) is 21.9. The fourth-order valence-corrected chi connectivity index (χ4v) is 8.65. The molecule has 0 saturated heterocycles. The molecule has 2 aromatic carbocycles. The van der Waals surface area contributed by atoms with E-state index in [0.29, 0.717) is 0 Å². The van der Waals surface area contributed by atoms with Crippen LogP contribution in [0.15, 0.2) is 60.7 Å². The highest BCUT2D eigenvalue weighted by molar-refractivity contribution is 6.99. The van der Waals surface area contributed by atoms with E-state index in [2.05, 4.69) is 88.4 Å². The maximum Gasteiger partial charge on any atom is 0.261 e. The van der Waals surface area contributed by atoms with Crippen molar-refractivity contribution in [3.05, 3.63) is 60.7 Å². The molecule has 27 heavy (non-hydrogen) atoms. The molecular formula is C25H38OSi. The molecule has 0 amide bonds. The third-order valence-electron chi connectivity index (χ3n) is 5.48. The summed E-state index contributed by atoms with van der Waals surface area (Å²) in [5, 5.41) is 2.84. The normalized spacial score (nSPS) is 12.3. The fourth-order valence-electron chi connectivity index (χ4n) is 4.05. The average Bonchev–Trinajstić information content (AvgIpc) is 2.67. The van der Waals surface area contributed by atoms with E-state index in [0.717, 1.165) is 13.0 Å². The second-order valence-electron chi connectivity index (χ2n) is 8.63. The number of benzene rings is 2. The predicted molar refractivity (Wildman–Crippen MR) is 122 cm³/mol. The lowest BCUT2D eigenvalue weighted by molar-refractivity contribution is 0.286. The molecule has 0 aromatic heterocycles. The van der Waals surface area contributed by atoms with E-state index in [9.17, 15) is 0 Å².